The molecule has 8 heteroatoms. The Kier molecular flexibility index (Phi) is 6.08. The van der Waals surface area contributed by atoms with E-state index in [1.807, 2.05) is 18.2 Å². The molecule has 1 unspecified atom stereocenters. The van der Waals surface area contributed by atoms with Gasteiger partial charge in [-0.2, -0.15) is 4.98 Å². The summed E-state index contributed by atoms with van der Waals surface area (Å²) in [4.78, 5) is 24.5. The van der Waals surface area contributed by atoms with Gasteiger partial charge >= 0.3 is 0 Å². The molecule has 7 nitrogen and oxygen atoms in total. The predicted octanol–water partition coefficient (Wildman–Crippen LogP) is 2.76. The number of likely N-dealkylation sites (tertiary alicyclic amines) is 1. The van der Waals surface area contributed by atoms with Crippen molar-refractivity contribution in [1.29, 1.82) is 0 Å². The first kappa shape index (κ1) is 18.8. The Morgan fingerprint density at radius 2 is 2.21 bits per heavy atom. The number of aromatic nitrogens is 3. The summed E-state index contributed by atoms with van der Waals surface area (Å²) in [6, 6.07) is 7.85. The number of amides is 1. The molecule has 1 fully saturated rings. The van der Waals surface area contributed by atoms with Crippen molar-refractivity contribution in [3.05, 3.63) is 52.8 Å². The first-order valence-electron chi connectivity index (χ1n) is 9.53. The van der Waals surface area contributed by atoms with Crippen molar-refractivity contribution in [2.24, 2.45) is 5.92 Å². The highest BCUT2D eigenvalue weighted by Crippen LogP contribution is 2.20. The number of rotatable bonds is 7. The van der Waals surface area contributed by atoms with E-state index in [-0.39, 0.29) is 11.8 Å². The topological polar surface area (TPSA) is 84.2 Å². The van der Waals surface area contributed by atoms with Gasteiger partial charge in [0.05, 0.1) is 12.5 Å². The lowest BCUT2D eigenvalue weighted by Gasteiger charge is -2.30. The highest BCUT2D eigenvalue weighted by atomic mass is 32.1. The van der Waals surface area contributed by atoms with Crippen molar-refractivity contribution < 1.29 is 9.32 Å². The largest absolute Gasteiger partial charge is 0.355 e. The first-order valence-corrected chi connectivity index (χ1v) is 10.4. The average molecular weight is 398 g/mol. The van der Waals surface area contributed by atoms with Crippen LogP contribution in [0.25, 0.3) is 11.4 Å². The van der Waals surface area contributed by atoms with Crippen molar-refractivity contribution in [3.8, 4) is 11.4 Å². The number of nitrogens with one attached hydrogen (secondary N) is 1. The summed E-state index contributed by atoms with van der Waals surface area (Å²) in [5.41, 5.74) is 0.881. The van der Waals surface area contributed by atoms with E-state index in [1.54, 1.807) is 23.7 Å². The molecule has 0 bridgehead atoms. The minimum Gasteiger partial charge on any atom is -0.355 e. The molecule has 1 amide bonds. The zero-order valence-electron chi connectivity index (χ0n) is 15.6. The van der Waals surface area contributed by atoms with Crippen molar-refractivity contribution in [2.75, 3.05) is 19.6 Å². The summed E-state index contributed by atoms with van der Waals surface area (Å²) >= 11 is 1.73. The predicted molar refractivity (Wildman–Crippen MR) is 107 cm³/mol. The lowest BCUT2D eigenvalue weighted by atomic mass is 9.97. The molecule has 1 atom stereocenters. The van der Waals surface area contributed by atoms with Gasteiger partial charge in [0.1, 0.15) is 0 Å². The van der Waals surface area contributed by atoms with E-state index in [4.69, 9.17) is 4.52 Å². The molecular formula is C20H23N5O2S. The Hall–Kier alpha value is -2.58. The maximum absolute atomic E-state index is 12.5. The standard InChI is InChI=1S/C20H23N5O2S/c26-20(22-10-7-17-4-2-12-28-17)16-3-1-11-25(13-16)14-18-23-19(24-27-18)15-5-8-21-9-6-15/h2,4-6,8-9,12,16H,1,3,7,10-11,13-14H2,(H,22,26). The summed E-state index contributed by atoms with van der Waals surface area (Å²) in [5.74, 6) is 1.30. The van der Waals surface area contributed by atoms with Crippen molar-refractivity contribution in [3.63, 3.8) is 0 Å². The average Bonchev–Trinajstić information content (AvgIpc) is 3.41. The summed E-state index contributed by atoms with van der Waals surface area (Å²) in [6.07, 6.45) is 6.22. The number of carbonyl (C=O) groups is 1. The molecule has 1 aliphatic heterocycles. The van der Waals surface area contributed by atoms with Crippen LogP contribution in [0.1, 0.15) is 23.6 Å². The van der Waals surface area contributed by atoms with Crippen LogP contribution in [0.3, 0.4) is 0 Å². The fraction of sp³-hybridized carbons (Fsp3) is 0.400. The summed E-state index contributed by atoms with van der Waals surface area (Å²) in [6.45, 7) is 2.91. The quantitative estimate of drug-likeness (QED) is 0.660. The van der Waals surface area contributed by atoms with Crippen LogP contribution in [0.4, 0.5) is 0 Å². The summed E-state index contributed by atoms with van der Waals surface area (Å²) in [5, 5.41) is 9.20. The molecule has 4 rings (SSSR count). The fourth-order valence-corrected chi connectivity index (χ4v) is 4.16. The molecule has 4 heterocycles. The van der Waals surface area contributed by atoms with E-state index in [0.717, 1.165) is 37.9 Å². The molecule has 0 aliphatic carbocycles. The third-order valence-electron chi connectivity index (χ3n) is 4.89. The van der Waals surface area contributed by atoms with Crippen LogP contribution in [0.2, 0.25) is 0 Å². The molecule has 0 spiro atoms. The number of piperidine rings is 1. The van der Waals surface area contributed by atoms with E-state index in [0.29, 0.717) is 24.8 Å². The van der Waals surface area contributed by atoms with E-state index >= 15 is 0 Å². The highest BCUT2D eigenvalue weighted by molar-refractivity contribution is 7.09. The molecule has 28 heavy (non-hydrogen) atoms. The first-order chi connectivity index (χ1) is 13.8. The number of nitrogens with zero attached hydrogens (tertiary/aromatic N) is 4. The number of hydrogen-bond donors (Lipinski definition) is 1. The van der Waals surface area contributed by atoms with E-state index < -0.39 is 0 Å². The maximum Gasteiger partial charge on any atom is 0.241 e. The molecule has 1 aliphatic rings. The van der Waals surface area contributed by atoms with Gasteiger partial charge in [0.25, 0.3) is 0 Å². The Balaban J connectivity index is 1.28. The minimum absolute atomic E-state index is 0.0136. The second-order valence-electron chi connectivity index (χ2n) is 6.94. The number of pyridine rings is 1. The van der Waals surface area contributed by atoms with Crippen LogP contribution in [-0.2, 0) is 17.8 Å². The minimum atomic E-state index is 0.0136. The number of thiophene rings is 1. The zero-order chi connectivity index (χ0) is 19.2. The summed E-state index contributed by atoms with van der Waals surface area (Å²) in [7, 11) is 0. The van der Waals surface area contributed by atoms with Crippen LogP contribution < -0.4 is 5.32 Å². The molecule has 3 aromatic rings. The molecule has 0 saturated carbocycles. The van der Waals surface area contributed by atoms with Gasteiger partial charge in [-0.3, -0.25) is 14.7 Å². The third kappa shape index (κ3) is 4.82. The van der Waals surface area contributed by atoms with Gasteiger partial charge in [-0.25, -0.2) is 0 Å². The van der Waals surface area contributed by atoms with Crippen molar-refractivity contribution in [1.82, 2.24) is 25.3 Å². The van der Waals surface area contributed by atoms with Gasteiger partial charge in [-0.05, 0) is 49.4 Å². The fourth-order valence-electron chi connectivity index (χ4n) is 3.45. The third-order valence-corrected chi connectivity index (χ3v) is 5.83. The van der Waals surface area contributed by atoms with Gasteiger partial charge in [0.2, 0.25) is 17.6 Å². The van der Waals surface area contributed by atoms with E-state index in [9.17, 15) is 4.79 Å². The lowest BCUT2D eigenvalue weighted by Crippen LogP contribution is -2.43. The lowest BCUT2D eigenvalue weighted by molar-refractivity contribution is -0.126. The van der Waals surface area contributed by atoms with Crippen LogP contribution in [0.15, 0.2) is 46.6 Å². The molecule has 3 aromatic heterocycles. The zero-order valence-corrected chi connectivity index (χ0v) is 16.4. The van der Waals surface area contributed by atoms with Crippen LogP contribution in [-0.4, -0.2) is 45.6 Å². The van der Waals surface area contributed by atoms with E-state index in [1.165, 1.54) is 4.88 Å². The molecule has 1 saturated heterocycles. The Morgan fingerprint density at radius 1 is 1.32 bits per heavy atom. The number of carbonyl (C=O) groups excluding carboxylic acids is 1. The highest BCUT2D eigenvalue weighted by Gasteiger charge is 2.26. The Morgan fingerprint density at radius 3 is 3.04 bits per heavy atom. The summed E-state index contributed by atoms with van der Waals surface area (Å²) < 4.78 is 5.40. The second kappa shape index (κ2) is 9.07. The SMILES string of the molecule is O=C(NCCc1cccs1)C1CCCN(Cc2nc(-c3ccncc3)no2)C1. The van der Waals surface area contributed by atoms with Crippen molar-refractivity contribution in [2.45, 2.75) is 25.8 Å². The van der Waals surface area contributed by atoms with Gasteiger partial charge in [0, 0.05) is 35.9 Å². The monoisotopic (exact) mass is 397 g/mol. The molecule has 0 aromatic carbocycles. The Labute approximate surface area is 167 Å². The van der Waals surface area contributed by atoms with Gasteiger partial charge in [-0.1, -0.05) is 11.2 Å². The number of hydrogen-bond acceptors (Lipinski definition) is 7. The second-order valence-corrected chi connectivity index (χ2v) is 7.97. The molecular weight excluding hydrogens is 374 g/mol. The molecule has 0 radical (unpaired) electrons. The normalized spacial score (nSPS) is 17.5. The molecule has 1 N–H and O–H groups in total. The van der Waals surface area contributed by atoms with Crippen molar-refractivity contribution >= 4 is 17.2 Å². The maximum atomic E-state index is 12.5. The van der Waals surface area contributed by atoms with Crippen LogP contribution in [0.5, 0.6) is 0 Å². The van der Waals surface area contributed by atoms with Gasteiger partial charge < -0.3 is 9.84 Å². The molecule has 146 valence electrons. The Bertz CT molecular complexity index is 881. The van der Waals surface area contributed by atoms with Crippen LogP contribution >= 0.6 is 11.3 Å². The smallest absolute Gasteiger partial charge is 0.241 e. The van der Waals surface area contributed by atoms with Crippen LogP contribution in [0, 0.1) is 5.92 Å². The van der Waals surface area contributed by atoms with Gasteiger partial charge in [-0.15, -0.1) is 11.3 Å². The van der Waals surface area contributed by atoms with Gasteiger partial charge in [0.15, 0.2) is 0 Å². The van der Waals surface area contributed by atoms with E-state index in [2.05, 4.69) is 36.8 Å².